The van der Waals surface area contributed by atoms with Gasteiger partial charge in [0.25, 0.3) is 0 Å². The lowest BCUT2D eigenvalue weighted by Gasteiger charge is -2.26. The molecule has 1 aromatic heterocycles. The third-order valence-corrected chi connectivity index (χ3v) is 4.17. The van der Waals surface area contributed by atoms with Crippen LogP contribution in [0, 0.1) is 0 Å². The van der Waals surface area contributed by atoms with Crippen LogP contribution in [0.4, 0.5) is 5.82 Å². The van der Waals surface area contributed by atoms with Gasteiger partial charge in [-0.15, -0.1) is 0 Å². The number of nitrogens with zero attached hydrogens (tertiary/aromatic N) is 4. The molecule has 1 heterocycles. The van der Waals surface area contributed by atoms with Crippen molar-refractivity contribution in [3.05, 3.63) is 17.0 Å². The molecule has 0 aliphatic rings. The highest BCUT2D eigenvalue weighted by Crippen LogP contribution is 2.24. The van der Waals surface area contributed by atoms with Crippen molar-refractivity contribution < 1.29 is 0 Å². The predicted molar refractivity (Wildman–Crippen MR) is 91.3 cm³/mol. The van der Waals surface area contributed by atoms with Gasteiger partial charge in [0.05, 0.1) is 0 Å². The van der Waals surface area contributed by atoms with E-state index in [0.29, 0.717) is 5.15 Å². The number of halogens is 1. The quantitative estimate of drug-likeness (QED) is 0.617. The summed E-state index contributed by atoms with van der Waals surface area (Å²) in [5.74, 6) is 1.01. The second kappa shape index (κ2) is 9.96. The molecule has 5 heteroatoms. The van der Waals surface area contributed by atoms with E-state index < -0.39 is 0 Å². The molecule has 0 spiro atoms. The van der Waals surface area contributed by atoms with E-state index in [1.165, 1.54) is 0 Å². The van der Waals surface area contributed by atoms with Gasteiger partial charge in [-0.3, -0.25) is 0 Å². The van der Waals surface area contributed by atoms with Crippen molar-refractivity contribution in [3.63, 3.8) is 0 Å². The standard InChI is InChI=1S/C16H29ClN4/c1-5-10-14-15(17)18-13-19-16(14)21(8-4)12-9-11-20(6-2)7-3/h13H,5-12H2,1-4H3. The Balaban J connectivity index is 2.73. The maximum Gasteiger partial charge on any atom is 0.137 e. The van der Waals surface area contributed by atoms with Crippen LogP contribution in [-0.2, 0) is 6.42 Å². The number of hydrogen-bond donors (Lipinski definition) is 0. The van der Waals surface area contributed by atoms with Crippen LogP contribution in [0.1, 0.15) is 46.1 Å². The fourth-order valence-corrected chi connectivity index (χ4v) is 2.78. The average Bonchev–Trinajstić information content (AvgIpc) is 2.50. The molecule has 0 bridgehead atoms. The summed E-state index contributed by atoms with van der Waals surface area (Å²) >= 11 is 6.25. The molecule has 0 radical (unpaired) electrons. The van der Waals surface area contributed by atoms with E-state index in [9.17, 15) is 0 Å². The summed E-state index contributed by atoms with van der Waals surface area (Å²) in [6, 6.07) is 0. The van der Waals surface area contributed by atoms with E-state index in [-0.39, 0.29) is 0 Å². The molecular weight excluding hydrogens is 284 g/mol. The Labute approximate surface area is 134 Å². The number of aromatic nitrogens is 2. The number of rotatable bonds is 10. The van der Waals surface area contributed by atoms with Crippen molar-refractivity contribution in [1.29, 1.82) is 0 Å². The van der Waals surface area contributed by atoms with Gasteiger partial charge in [0.15, 0.2) is 0 Å². The SMILES string of the molecule is CCCc1c(Cl)ncnc1N(CC)CCCN(CC)CC. The second-order valence-corrected chi connectivity index (χ2v) is 5.53. The predicted octanol–water partition coefficient (Wildman–Crippen LogP) is 3.64. The lowest BCUT2D eigenvalue weighted by Crippen LogP contribution is -2.31. The summed E-state index contributed by atoms with van der Waals surface area (Å²) < 4.78 is 0. The summed E-state index contributed by atoms with van der Waals surface area (Å²) in [5, 5.41) is 0.601. The maximum absolute atomic E-state index is 6.25. The summed E-state index contributed by atoms with van der Waals surface area (Å²) in [7, 11) is 0. The average molecular weight is 313 g/mol. The molecule has 0 aromatic carbocycles. The Bertz CT molecular complexity index is 407. The zero-order valence-corrected chi connectivity index (χ0v) is 14.7. The third kappa shape index (κ3) is 5.44. The summed E-state index contributed by atoms with van der Waals surface area (Å²) in [6.07, 6.45) is 4.70. The summed E-state index contributed by atoms with van der Waals surface area (Å²) in [6.45, 7) is 14.1. The van der Waals surface area contributed by atoms with E-state index in [4.69, 9.17) is 11.6 Å². The van der Waals surface area contributed by atoms with Gasteiger partial charge in [-0.2, -0.15) is 0 Å². The van der Waals surface area contributed by atoms with Crippen molar-refractivity contribution >= 4 is 17.4 Å². The van der Waals surface area contributed by atoms with Gasteiger partial charge in [-0.25, -0.2) is 9.97 Å². The molecule has 21 heavy (non-hydrogen) atoms. The minimum Gasteiger partial charge on any atom is -0.356 e. The van der Waals surface area contributed by atoms with Gasteiger partial charge in [-0.05, 0) is 39.4 Å². The van der Waals surface area contributed by atoms with E-state index in [0.717, 1.165) is 63.4 Å². The van der Waals surface area contributed by atoms with Crippen molar-refractivity contribution in [1.82, 2.24) is 14.9 Å². The van der Waals surface area contributed by atoms with Crippen molar-refractivity contribution in [3.8, 4) is 0 Å². The lowest BCUT2D eigenvalue weighted by molar-refractivity contribution is 0.300. The third-order valence-electron chi connectivity index (χ3n) is 3.85. The zero-order valence-electron chi connectivity index (χ0n) is 13.9. The smallest absolute Gasteiger partial charge is 0.137 e. The van der Waals surface area contributed by atoms with Gasteiger partial charge in [0.2, 0.25) is 0 Å². The van der Waals surface area contributed by atoms with E-state index in [2.05, 4.69) is 47.5 Å². The maximum atomic E-state index is 6.25. The first kappa shape index (κ1) is 18.2. The molecule has 1 rings (SSSR count). The molecule has 120 valence electrons. The number of anilines is 1. The molecule has 0 unspecified atom stereocenters. The normalized spacial score (nSPS) is 11.1. The molecule has 0 atom stereocenters. The molecule has 0 saturated heterocycles. The Morgan fingerprint density at radius 1 is 1.00 bits per heavy atom. The largest absolute Gasteiger partial charge is 0.356 e. The zero-order chi connectivity index (χ0) is 15.7. The Morgan fingerprint density at radius 3 is 2.29 bits per heavy atom. The highest BCUT2D eigenvalue weighted by Gasteiger charge is 2.14. The Morgan fingerprint density at radius 2 is 1.71 bits per heavy atom. The fourth-order valence-electron chi connectivity index (χ4n) is 2.56. The van der Waals surface area contributed by atoms with E-state index in [1.807, 2.05) is 0 Å². The molecule has 0 saturated carbocycles. The highest BCUT2D eigenvalue weighted by molar-refractivity contribution is 6.30. The Kier molecular flexibility index (Phi) is 8.62. The van der Waals surface area contributed by atoms with Gasteiger partial charge < -0.3 is 9.80 Å². The van der Waals surface area contributed by atoms with Crippen LogP contribution in [-0.4, -0.2) is 47.6 Å². The van der Waals surface area contributed by atoms with Gasteiger partial charge in [0, 0.05) is 18.7 Å². The molecule has 4 nitrogen and oxygen atoms in total. The topological polar surface area (TPSA) is 32.3 Å². The molecular formula is C16H29ClN4. The first-order valence-corrected chi connectivity index (χ1v) is 8.52. The molecule has 0 fully saturated rings. The first-order valence-electron chi connectivity index (χ1n) is 8.14. The van der Waals surface area contributed by atoms with Crippen LogP contribution in [0.2, 0.25) is 5.15 Å². The van der Waals surface area contributed by atoms with Crippen LogP contribution in [0.15, 0.2) is 6.33 Å². The minimum absolute atomic E-state index is 0.601. The van der Waals surface area contributed by atoms with Crippen LogP contribution in [0.3, 0.4) is 0 Å². The second-order valence-electron chi connectivity index (χ2n) is 5.18. The van der Waals surface area contributed by atoms with Crippen LogP contribution >= 0.6 is 11.6 Å². The van der Waals surface area contributed by atoms with Crippen molar-refractivity contribution in [2.75, 3.05) is 37.6 Å². The van der Waals surface area contributed by atoms with Gasteiger partial charge in [0.1, 0.15) is 17.3 Å². The van der Waals surface area contributed by atoms with Crippen LogP contribution in [0.5, 0.6) is 0 Å². The van der Waals surface area contributed by atoms with Gasteiger partial charge >= 0.3 is 0 Å². The molecule has 0 aliphatic heterocycles. The van der Waals surface area contributed by atoms with E-state index in [1.54, 1.807) is 6.33 Å². The fraction of sp³-hybridized carbons (Fsp3) is 0.750. The molecule has 0 aliphatic carbocycles. The van der Waals surface area contributed by atoms with Gasteiger partial charge in [-0.1, -0.05) is 38.8 Å². The van der Waals surface area contributed by atoms with Crippen molar-refractivity contribution in [2.24, 2.45) is 0 Å². The summed E-state index contributed by atoms with van der Waals surface area (Å²) in [5.41, 5.74) is 1.09. The molecule has 0 amide bonds. The van der Waals surface area contributed by atoms with Crippen LogP contribution < -0.4 is 4.90 Å². The highest BCUT2D eigenvalue weighted by atomic mass is 35.5. The monoisotopic (exact) mass is 312 g/mol. The first-order chi connectivity index (χ1) is 10.2. The number of hydrogen-bond acceptors (Lipinski definition) is 4. The summed E-state index contributed by atoms with van der Waals surface area (Å²) in [4.78, 5) is 13.4. The molecule has 1 aromatic rings. The minimum atomic E-state index is 0.601. The van der Waals surface area contributed by atoms with Crippen molar-refractivity contribution in [2.45, 2.75) is 47.0 Å². The van der Waals surface area contributed by atoms with E-state index >= 15 is 0 Å². The van der Waals surface area contributed by atoms with Crippen LogP contribution in [0.25, 0.3) is 0 Å². The molecule has 0 N–H and O–H groups in total. The Hall–Kier alpha value is -0.870. The lowest BCUT2D eigenvalue weighted by atomic mass is 10.1.